The molecule has 2 amide bonds. The molecule has 0 saturated carbocycles. The van der Waals surface area contributed by atoms with E-state index in [-0.39, 0.29) is 29.9 Å². The van der Waals surface area contributed by atoms with Gasteiger partial charge in [-0.2, -0.15) is 0 Å². The fourth-order valence-corrected chi connectivity index (χ4v) is 3.77. The zero-order valence-electron chi connectivity index (χ0n) is 18.2. The van der Waals surface area contributed by atoms with Gasteiger partial charge in [0, 0.05) is 24.3 Å². The molecule has 0 saturated heterocycles. The predicted molar refractivity (Wildman–Crippen MR) is 121 cm³/mol. The van der Waals surface area contributed by atoms with E-state index in [4.69, 9.17) is 4.74 Å². The van der Waals surface area contributed by atoms with Gasteiger partial charge in [-0.3, -0.25) is 9.59 Å². The minimum Gasteiger partial charge on any atom is -0.481 e. The molecule has 1 heterocycles. The van der Waals surface area contributed by atoms with E-state index in [2.05, 4.69) is 5.32 Å². The van der Waals surface area contributed by atoms with Crippen molar-refractivity contribution >= 4 is 17.5 Å². The summed E-state index contributed by atoms with van der Waals surface area (Å²) in [6.07, 6.45) is 0.0633. The molecule has 1 aliphatic heterocycles. The highest BCUT2D eigenvalue weighted by Gasteiger charge is 2.27. The van der Waals surface area contributed by atoms with Crippen LogP contribution in [0.3, 0.4) is 0 Å². The van der Waals surface area contributed by atoms with Gasteiger partial charge in [-0.15, -0.1) is 0 Å². The number of anilines is 1. The number of halogens is 2. The van der Waals surface area contributed by atoms with Crippen LogP contribution >= 0.6 is 0 Å². The monoisotopic (exact) mass is 450 g/mol. The zero-order chi connectivity index (χ0) is 23.4. The van der Waals surface area contributed by atoms with Crippen molar-refractivity contribution in [3.05, 3.63) is 95.1 Å². The van der Waals surface area contributed by atoms with Crippen molar-refractivity contribution in [2.24, 2.45) is 0 Å². The topological polar surface area (TPSA) is 58.6 Å². The standard InChI is InChI=1S/C26H24F2N2O3/c1-17-26(32)30(13-12-18-2-6-21(27)7-3-18)16-20-15-23(10-11-24(20)33-17)29-25(31)14-19-4-8-22(28)9-5-19/h2-11,15,17H,12-14,16H2,1H3,(H,29,31). The Bertz CT molecular complexity index is 1150. The van der Waals surface area contributed by atoms with E-state index in [9.17, 15) is 18.4 Å². The Balaban J connectivity index is 1.45. The van der Waals surface area contributed by atoms with Gasteiger partial charge in [0.1, 0.15) is 17.4 Å². The quantitative estimate of drug-likeness (QED) is 0.602. The Morgan fingerprint density at radius 1 is 1.00 bits per heavy atom. The number of ether oxygens (including phenoxy) is 1. The van der Waals surface area contributed by atoms with Gasteiger partial charge >= 0.3 is 0 Å². The van der Waals surface area contributed by atoms with Crippen molar-refractivity contribution in [2.75, 3.05) is 11.9 Å². The Morgan fingerprint density at radius 2 is 1.64 bits per heavy atom. The van der Waals surface area contributed by atoms with Gasteiger partial charge in [0.05, 0.1) is 6.42 Å². The van der Waals surface area contributed by atoms with Crippen molar-refractivity contribution in [3.63, 3.8) is 0 Å². The molecule has 33 heavy (non-hydrogen) atoms. The van der Waals surface area contributed by atoms with E-state index in [1.807, 2.05) is 0 Å². The number of amides is 2. The highest BCUT2D eigenvalue weighted by Crippen LogP contribution is 2.29. The number of hydrogen-bond acceptors (Lipinski definition) is 3. The van der Waals surface area contributed by atoms with E-state index in [1.54, 1.807) is 54.3 Å². The summed E-state index contributed by atoms with van der Waals surface area (Å²) in [5, 5.41) is 2.85. The number of carbonyl (C=O) groups excluding carboxylic acids is 2. The average molecular weight is 450 g/mol. The summed E-state index contributed by atoms with van der Waals surface area (Å²) in [6, 6.07) is 17.3. The van der Waals surface area contributed by atoms with Gasteiger partial charge in [0.15, 0.2) is 6.10 Å². The van der Waals surface area contributed by atoms with Crippen LogP contribution in [0.25, 0.3) is 0 Å². The number of nitrogens with one attached hydrogen (secondary N) is 1. The van der Waals surface area contributed by atoms with Crippen LogP contribution in [0.4, 0.5) is 14.5 Å². The molecular formula is C26H24F2N2O3. The van der Waals surface area contributed by atoms with Gasteiger partial charge in [0.25, 0.3) is 5.91 Å². The van der Waals surface area contributed by atoms with Crippen molar-refractivity contribution in [3.8, 4) is 5.75 Å². The molecule has 1 atom stereocenters. The van der Waals surface area contributed by atoms with Gasteiger partial charge in [0.2, 0.25) is 5.91 Å². The third-order valence-corrected chi connectivity index (χ3v) is 5.53. The number of rotatable bonds is 6. The number of hydrogen-bond donors (Lipinski definition) is 1. The Labute approximate surface area is 191 Å². The smallest absolute Gasteiger partial charge is 0.263 e. The summed E-state index contributed by atoms with van der Waals surface area (Å²) in [5.74, 6) is -0.409. The van der Waals surface area contributed by atoms with Gasteiger partial charge < -0.3 is 15.0 Å². The molecule has 0 radical (unpaired) electrons. The minimum atomic E-state index is -0.640. The third-order valence-electron chi connectivity index (χ3n) is 5.53. The second-order valence-corrected chi connectivity index (χ2v) is 8.07. The molecule has 1 aliphatic rings. The second kappa shape index (κ2) is 9.81. The Morgan fingerprint density at radius 3 is 2.30 bits per heavy atom. The van der Waals surface area contributed by atoms with Crippen molar-refractivity contribution in [2.45, 2.75) is 32.4 Å². The van der Waals surface area contributed by atoms with Gasteiger partial charge in [-0.05, 0) is 66.9 Å². The highest BCUT2D eigenvalue weighted by atomic mass is 19.1. The fourth-order valence-electron chi connectivity index (χ4n) is 3.77. The third kappa shape index (κ3) is 5.74. The molecule has 7 heteroatoms. The van der Waals surface area contributed by atoms with Crippen LogP contribution in [0.2, 0.25) is 0 Å². The summed E-state index contributed by atoms with van der Waals surface area (Å²) in [4.78, 5) is 27.0. The lowest BCUT2D eigenvalue weighted by molar-refractivity contribution is -0.137. The molecule has 3 aromatic rings. The van der Waals surface area contributed by atoms with Crippen LogP contribution in [0.5, 0.6) is 5.75 Å². The maximum atomic E-state index is 13.2. The normalized spacial score (nSPS) is 15.4. The molecule has 1 unspecified atom stereocenters. The van der Waals surface area contributed by atoms with Crippen LogP contribution in [-0.2, 0) is 29.0 Å². The van der Waals surface area contributed by atoms with Gasteiger partial charge in [-0.25, -0.2) is 8.78 Å². The van der Waals surface area contributed by atoms with Crippen molar-refractivity contribution in [1.29, 1.82) is 0 Å². The molecule has 0 aromatic heterocycles. The van der Waals surface area contributed by atoms with E-state index >= 15 is 0 Å². The maximum Gasteiger partial charge on any atom is 0.263 e. The van der Waals surface area contributed by atoms with Crippen molar-refractivity contribution < 1.29 is 23.1 Å². The van der Waals surface area contributed by atoms with Crippen LogP contribution in [0.15, 0.2) is 66.7 Å². The molecule has 0 aliphatic carbocycles. The number of benzene rings is 3. The summed E-state index contributed by atoms with van der Waals surface area (Å²) in [7, 11) is 0. The minimum absolute atomic E-state index is 0.118. The Hall–Kier alpha value is -3.74. The predicted octanol–water partition coefficient (Wildman–Crippen LogP) is 4.50. The molecule has 1 N–H and O–H groups in total. The first kappa shape index (κ1) is 22.5. The lowest BCUT2D eigenvalue weighted by atomic mass is 10.1. The largest absolute Gasteiger partial charge is 0.481 e. The summed E-state index contributed by atoms with van der Waals surface area (Å²) in [6.45, 7) is 2.50. The number of fused-ring (bicyclic) bond motifs is 1. The molecule has 3 aromatic carbocycles. The fraction of sp³-hybridized carbons (Fsp3) is 0.231. The van der Waals surface area contributed by atoms with Crippen LogP contribution in [-0.4, -0.2) is 29.4 Å². The van der Waals surface area contributed by atoms with Crippen molar-refractivity contribution in [1.82, 2.24) is 4.90 Å². The molecular weight excluding hydrogens is 426 g/mol. The first-order chi connectivity index (χ1) is 15.9. The Kier molecular flexibility index (Phi) is 6.68. The maximum absolute atomic E-state index is 13.2. The summed E-state index contributed by atoms with van der Waals surface area (Å²) in [5.41, 5.74) is 3.01. The van der Waals surface area contributed by atoms with Gasteiger partial charge in [-0.1, -0.05) is 24.3 Å². The molecule has 5 nitrogen and oxygen atoms in total. The zero-order valence-corrected chi connectivity index (χ0v) is 18.2. The summed E-state index contributed by atoms with van der Waals surface area (Å²) < 4.78 is 32.1. The first-order valence-electron chi connectivity index (χ1n) is 10.7. The molecule has 0 fully saturated rings. The molecule has 170 valence electrons. The first-order valence-corrected chi connectivity index (χ1v) is 10.7. The number of carbonyl (C=O) groups is 2. The average Bonchev–Trinajstić information content (AvgIpc) is 2.91. The number of nitrogens with zero attached hydrogens (tertiary/aromatic N) is 1. The second-order valence-electron chi connectivity index (χ2n) is 8.07. The van der Waals surface area contributed by atoms with Crippen LogP contribution < -0.4 is 10.1 Å². The highest BCUT2D eigenvalue weighted by molar-refractivity contribution is 5.92. The lowest BCUT2D eigenvalue weighted by Gasteiger charge is -2.22. The molecule has 4 rings (SSSR count). The van der Waals surface area contributed by atoms with E-state index in [1.165, 1.54) is 24.3 Å². The molecule has 0 spiro atoms. The van der Waals surface area contributed by atoms with Crippen LogP contribution in [0, 0.1) is 11.6 Å². The van der Waals surface area contributed by atoms with E-state index < -0.39 is 6.10 Å². The lowest BCUT2D eigenvalue weighted by Crippen LogP contribution is -2.39. The SMILES string of the molecule is CC1Oc2ccc(NC(=O)Cc3ccc(F)cc3)cc2CN(CCc2ccc(F)cc2)C1=O. The van der Waals surface area contributed by atoms with E-state index in [0.29, 0.717) is 36.5 Å². The molecule has 0 bridgehead atoms. The van der Waals surface area contributed by atoms with E-state index in [0.717, 1.165) is 11.1 Å². The summed E-state index contributed by atoms with van der Waals surface area (Å²) >= 11 is 0. The van der Waals surface area contributed by atoms with Crippen LogP contribution in [0.1, 0.15) is 23.6 Å².